The van der Waals surface area contributed by atoms with Crippen molar-refractivity contribution in [3.8, 4) is 0 Å². The van der Waals surface area contributed by atoms with E-state index in [1.54, 1.807) is 6.07 Å². The number of hydrogen-bond donors (Lipinski definition) is 2. The maximum absolute atomic E-state index is 13.1. The molecule has 160 valence electrons. The van der Waals surface area contributed by atoms with Gasteiger partial charge < -0.3 is 20.5 Å². The number of hydrogen-bond acceptors (Lipinski definition) is 5. The first kappa shape index (κ1) is 20.4. The first-order valence-electron chi connectivity index (χ1n) is 11.3. The first-order valence-corrected chi connectivity index (χ1v) is 11.3. The van der Waals surface area contributed by atoms with Gasteiger partial charge in [-0.05, 0) is 64.2 Å². The molecule has 3 aliphatic rings. The number of nitrogens with one attached hydrogen (secondary N) is 1. The van der Waals surface area contributed by atoms with Gasteiger partial charge in [-0.1, -0.05) is 12.1 Å². The Morgan fingerprint density at radius 3 is 2.62 bits per heavy atom. The van der Waals surface area contributed by atoms with E-state index in [0.717, 1.165) is 57.1 Å². The maximum Gasteiger partial charge on any atom is 0.273 e. The molecule has 3 N–H and O–H groups in total. The maximum atomic E-state index is 13.1. The van der Waals surface area contributed by atoms with Gasteiger partial charge in [-0.25, -0.2) is 0 Å². The summed E-state index contributed by atoms with van der Waals surface area (Å²) in [5.41, 5.74) is 6.37. The van der Waals surface area contributed by atoms with Crippen molar-refractivity contribution in [2.75, 3.05) is 6.54 Å². The number of nitrogens with zero attached hydrogens (tertiary/aromatic N) is 2. The molecule has 2 heterocycles. The van der Waals surface area contributed by atoms with Crippen LogP contribution >= 0.6 is 0 Å². The van der Waals surface area contributed by atoms with Crippen LogP contribution in [0.4, 0.5) is 0 Å². The number of rotatable bonds is 5. The molecule has 7 nitrogen and oxygen atoms in total. The lowest BCUT2D eigenvalue weighted by molar-refractivity contribution is -0.141. The van der Waals surface area contributed by atoms with Crippen molar-refractivity contribution in [1.29, 1.82) is 0 Å². The molecule has 4 rings (SSSR count). The second-order valence-corrected chi connectivity index (χ2v) is 9.32. The molecule has 1 aromatic rings. The topological polar surface area (TPSA) is 101 Å². The highest BCUT2D eigenvalue weighted by molar-refractivity contribution is 5.92. The Labute approximate surface area is 172 Å². The van der Waals surface area contributed by atoms with Gasteiger partial charge in [0, 0.05) is 42.6 Å². The van der Waals surface area contributed by atoms with Crippen molar-refractivity contribution in [3.63, 3.8) is 0 Å². The summed E-state index contributed by atoms with van der Waals surface area (Å²) in [6.45, 7) is 4.93. The Balaban J connectivity index is 1.37. The summed E-state index contributed by atoms with van der Waals surface area (Å²) >= 11 is 0. The molecular formula is C22H34N4O3. The van der Waals surface area contributed by atoms with Crippen molar-refractivity contribution < 1.29 is 14.1 Å². The van der Waals surface area contributed by atoms with Crippen LogP contribution in [0.25, 0.3) is 0 Å². The van der Waals surface area contributed by atoms with E-state index in [1.807, 2.05) is 0 Å². The lowest BCUT2D eigenvalue weighted by atomic mass is 9.82. The van der Waals surface area contributed by atoms with Gasteiger partial charge in [-0.3, -0.25) is 9.59 Å². The standard InChI is InChI=1S/C22H34N4O3/c1-3-14-12-26(22(28)16-6-8-17(23)9-7-16)13(2)10-18(14)24-21(27)19-11-20(29-25-19)15-4-5-15/h11,13-18H,3-10,12,23H2,1-2H3,(H,24,27)/t13-,14-,16-,17-,18+/m1/s1. The van der Waals surface area contributed by atoms with Crippen LogP contribution in [0.5, 0.6) is 0 Å². The van der Waals surface area contributed by atoms with Gasteiger partial charge in [0.15, 0.2) is 5.69 Å². The van der Waals surface area contributed by atoms with E-state index < -0.39 is 0 Å². The van der Waals surface area contributed by atoms with Crippen molar-refractivity contribution in [2.24, 2.45) is 17.6 Å². The fraction of sp³-hybridized carbons (Fsp3) is 0.773. The summed E-state index contributed by atoms with van der Waals surface area (Å²) < 4.78 is 5.32. The Morgan fingerprint density at radius 2 is 1.97 bits per heavy atom. The largest absolute Gasteiger partial charge is 0.360 e. The van der Waals surface area contributed by atoms with Crippen LogP contribution < -0.4 is 11.1 Å². The van der Waals surface area contributed by atoms with Gasteiger partial charge in [0.25, 0.3) is 5.91 Å². The molecule has 0 aromatic carbocycles. The van der Waals surface area contributed by atoms with Crippen LogP contribution in [0.3, 0.4) is 0 Å². The predicted octanol–water partition coefficient (Wildman–Crippen LogP) is 2.81. The SMILES string of the molecule is CC[C@@H]1CN(C(=O)[C@H]2CC[C@H](N)CC2)[C@H](C)C[C@@H]1NC(=O)c1cc(C2CC2)on1. The van der Waals surface area contributed by atoms with Gasteiger partial charge in [0.2, 0.25) is 5.91 Å². The number of carbonyl (C=O) groups is 2. The number of piperidine rings is 1. The van der Waals surface area contributed by atoms with E-state index in [9.17, 15) is 9.59 Å². The van der Waals surface area contributed by atoms with E-state index in [0.29, 0.717) is 18.2 Å². The number of aromatic nitrogens is 1. The van der Waals surface area contributed by atoms with E-state index in [1.165, 1.54) is 0 Å². The highest BCUT2D eigenvalue weighted by atomic mass is 16.5. The molecule has 1 aromatic heterocycles. The second kappa shape index (κ2) is 8.46. The Hall–Kier alpha value is -1.89. The van der Waals surface area contributed by atoms with Crippen molar-refractivity contribution in [1.82, 2.24) is 15.4 Å². The summed E-state index contributed by atoms with van der Waals surface area (Å²) in [7, 11) is 0. The van der Waals surface area contributed by atoms with Crippen LogP contribution in [-0.2, 0) is 4.79 Å². The third-order valence-electron chi connectivity index (χ3n) is 7.11. The molecule has 1 aliphatic heterocycles. The van der Waals surface area contributed by atoms with Crippen LogP contribution in [0.1, 0.15) is 87.4 Å². The minimum absolute atomic E-state index is 0.0485. The monoisotopic (exact) mass is 402 g/mol. The summed E-state index contributed by atoms with van der Waals surface area (Å²) in [5.74, 6) is 1.73. The Bertz CT molecular complexity index is 736. The van der Waals surface area contributed by atoms with Crippen molar-refractivity contribution in [2.45, 2.75) is 89.3 Å². The predicted molar refractivity (Wildman–Crippen MR) is 109 cm³/mol. The smallest absolute Gasteiger partial charge is 0.273 e. The number of nitrogens with two attached hydrogens (primary N) is 1. The summed E-state index contributed by atoms with van der Waals surface area (Å²) in [6, 6.07) is 2.19. The summed E-state index contributed by atoms with van der Waals surface area (Å²) in [4.78, 5) is 27.9. The Kier molecular flexibility index (Phi) is 5.95. The third kappa shape index (κ3) is 4.49. The van der Waals surface area contributed by atoms with E-state index in [4.69, 9.17) is 10.3 Å². The highest BCUT2D eigenvalue weighted by Crippen LogP contribution is 2.40. The van der Waals surface area contributed by atoms with E-state index >= 15 is 0 Å². The zero-order chi connectivity index (χ0) is 20.5. The number of carbonyl (C=O) groups excluding carboxylic acids is 2. The quantitative estimate of drug-likeness (QED) is 0.789. The van der Waals surface area contributed by atoms with Crippen LogP contribution in [-0.4, -0.2) is 46.5 Å². The lowest BCUT2D eigenvalue weighted by Crippen LogP contribution is -2.57. The zero-order valence-electron chi connectivity index (χ0n) is 17.6. The normalized spacial score (nSPS) is 32.8. The van der Waals surface area contributed by atoms with Crippen LogP contribution in [0, 0.1) is 11.8 Å². The van der Waals surface area contributed by atoms with Gasteiger partial charge >= 0.3 is 0 Å². The van der Waals surface area contributed by atoms with Gasteiger partial charge in [-0.15, -0.1) is 0 Å². The lowest BCUT2D eigenvalue weighted by Gasteiger charge is -2.44. The molecule has 0 bridgehead atoms. The Morgan fingerprint density at radius 1 is 1.24 bits per heavy atom. The molecule has 7 heteroatoms. The zero-order valence-corrected chi connectivity index (χ0v) is 17.6. The first-order chi connectivity index (χ1) is 14.0. The molecule has 1 saturated heterocycles. The van der Waals surface area contributed by atoms with Crippen molar-refractivity contribution >= 4 is 11.8 Å². The van der Waals surface area contributed by atoms with E-state index in [2.05, 4.69) is 29.2 Å². The summed E-state index contributed by atoms with van der Waals surface area (Å²) in [5, 5.41) is 7.13. The number of likely N-dealkylation sites (tertiary alicyclic amines) is 1. The number of amides is 2. The minimum atomic E-state index is -0.169. The molecule has 3 atom stereocenters. The molecule has 2 aliphatic carbocycles. The molecule has 2 amide bonds. The molecule has 3 fully saturated rings. The molecule has 0 spiro atoms. The van der Waals surface area contributed by atoms with Crippen molar-refractivity contribution in [3.05, 3.63) is 17.5 Å². The molecule has 29 heavy (non-hydrogen) atoms. The second-order valence-electron chi connectivity index (χ2n) is 9.32. The fourth-order valence-electron chi connectivity index (χ4n) is 4.94. The molecule has 0 unspecified atom stereocenters. The van der Waals surface area contributed by atoms with Gasteiger partial charge in [-0.2, -0.15) is 0 Å². The average Bonchev–Trinajstić information content (AvgIpc) is 3.44. The summed E-state index contributed by atoms with van der Waals surface area (Å²) in [6.07, 6.45) is 7.60. The molecule has 0 radical (unpaired) electrons. The van der Waals surface area contributed by atoms with Crippen LogP contribution in [0.2, 0.25) is 0 Å². The molecular weight excluding hydrogens is 368 g/mol. The average molecular weight is 403 g/mol. The van der Waals surface area contributed by atoms with E-state index in [-0.39, 0.29) is 41.8 Å². The minimum Gasteiger partial charge on any atom is -0.360 e. The van der Waals surface area contributed by atoms with Crippen LogP contribution in [0.15, 0.2) is 10.6 Å². The third-order valence-corrected chi connectivity index (χ3v) is 7.11. The fourth-order valence-corrected chi connectivity index (χ4v) is 4.94. The van der Waals surface area contributed by atoms with Gasteiger partial charge in [0.05, 0.1) is 0 Å². The highest BCUT2D eigenvalue weighted by Gasteiger charge is 2.39. The molecule has 2 saturated carbocycles. The van der Waals surface area contributed by atoms with Gasteiger partial charge in [0.1, 0.15) is 5.76 Å².